The number of hydrogen-bond acceptors (Lipinski definition) is 3. The summed E-state index contributed by atoms with van der Waals surface area (Å²) in [4.78, 5) is 21.0. The van der Waals surface area contributed by atoms with E-state index in [0.29, 0.717) is 18.3 Å². The number of carbonyl (C=O) groups is 1. The third-order valence-corrected chi connectivity index (χ3v) is 2.26. The van der Waals surface area contributed by atoms with Gasteiger partial charge < -0.3 is 0 Å². The molecule has 0 saturated carbocycles. The predicted molar refractivity (Wildman–Crippen MR) is 57.1 cm³/mol. The van der Waals surface area contributed by atoms with E-state index in [9.17, 15) is 14.9 Å². The van der Waals surface area contributed by atoms with Crippen molar-refractivity contribution in [3.8, 4) is 0 Å². The third kappa shape index (κ3) is 2.62. The van der Waals surface area contributed by atoms with Crippen molar-refractivity contribution < 1.29 is 9.72 Å². The molecule has 0 aliphatic rings. The molecule has 0 aliphatic heterocycles. The minimum Gasteiger partial charge on any atom is -0.298 e. The van der Waals surface area contributed by atoms with Gasteiger partial charge in [-0.1, -0.05) is 25.5 Å². The van der Waals surface area contributed by atoms with Crippen molar-refractivity contribution in [3.05, 3.63) is 39.4 Å². The lowest BCUT2D eigenvalue weighted by molar-refractivity contribution is -0.385. The Balaban J connectivity index is 3.13. The molecule has 0 unspecified atom stereocenters. The summed E-state index contributed by atoms with van der Waals surface area (Å²) in [5, 5.41) is 10.8. The van der Waals surface area contributed by atoms with Crippen LogP contribution in [0.4, 0.5) is 5.69 Å². The maximum absolute atomic E-state index is 10.8. The van der Waals surface area contributed by atoms with Gasteiger partial charge in [0.05, 0.1) is 10.5 Å². The van der Waals surface area contributed by atoms with Gasteiger partial charge in [-0.25, -0.2) is 0 Å². The highest BCUT2D eigenvalue weighted by Gasteiger charge is 2.17. The monoisotopic (exact) mass is 207 g/mol. The van der Waals surface area contributed by atoms with Crippen LogP contribution >= 0.6 is 0 Å². The van der Waals surface area contributed by atoms with Crippen LogP contribution in [0.25, 0.3) is 0 Å². The molecule has 0 atom stereocenters. The van der Waals surface area contributed by atoms with Gasteiger partial charge in [-0.15, -0.1) is 0 Å². The van der Waals surface area contributed by atoms with Crippen LogP contribution in [0.15, 0.2) is 18.2 Å². The van der Waals surface area contributed by atoms with E-state index in [1.807, 2.05) is 6.92 Å². The SMILES string of the molecule is CCCCc1cccc(C=O)c1[N+](=O)[O-]. The number of nitrogens with zero attached hydrogens (tertiary/aromatic N) is 1. The molecule has 0 spiro atoms. The molecule has 0 fully saturated rings. The highest BCUT2D eigenvalue weighted by atomic mass is 16.6. The van der Waals surface area contributed by atoms with Crippen molar-refractivity contribution in [2.75, 3.05) is 0 Å². The van der Waals surface area contributed by atoms with Crippen LogP contribution in [-0.2, 0) is 6.42 Å². The van der Waals surface area contributed by atoms with Crippen LogP contribution in [0.5, 0.6) is 0 Å². The van der Waals surface area contributed by atoms with Gasteiger partial charge in [0.2, 0.25) is 0 Å². The third-order valence-electron chi connectivity index (χ3n) is 2.26. The molecule has 1 aromatic rings. The molecule has 4 nitrogen and oxygen atoms in total. The molecular weight excluding hydrogens is 194 g/mol. The summed E-state index contributed by atoms with van der Waals surface area (Å²) in [6, 6.07) is 4.86. The number of para-hydroxylation sites is 1. The molecule has 0 bridgehead atoms. The van der Waals surface area contributed by atoms with Crippen molar-refractivity contribution >= 4 is 12.0 Å². The van der Waals surface area contributed by atoms with Gasteiger partial charge in [0.25, 0.3) is 5.69 Å². The zero-order valence-corrected chi connectivity index (χ0v) is 8.60. The topological polar surface area (TPSA) is 60.2 Å². The molecule has 80 valence electrons. The second-order valence-corrected chi connectivity index (χ2v) is 3.33. The van der Waals surface area contributed by atoms with E-state index >= 15 is 0 Å². The summed E-state index contributed by atoms with van der Waals surface area (Å²) >= 11 is 0. The fourth-order valence-electron chi connectivity index (χ4n) is 1.50. The van der Waals surface area contributed by atoms with Crippen LogP contribution < -0.4 is 0 Å². The lowest BCUT2D eigenvalue weighted by Gasteiger charge is -2.03. The smallest absolute Gasteiger partial charge is 0.283 e. The first kappa shape index (κ1) is 11.4. The maximum Gasteiger partial charge on any atom is 0.283 e. The van der Waals surface area contributed by atoms with E-state index in [4.69, 9.17) is 0 Å². The van der Waals surface area contributed by atoms with Gasteiger partial charge in [0, 0.05) is 5.56 Å². The first-order valence-corrected chi connectivity index (χ1v) is 4.92. The van der Waals surface area contributed by atoms with E-state index < -0.39 is 4.92 Å². The lowest BCUT2D eigenvalue weighted by Crippen LogP contribution is -2.00. The van der Waals surface area contributed by atoms with Crippen LogP contribution in [0, 0.1) is 10.1 Å². The van der Waals surface area contributed by atoms with E-state index in [2.05, 4.69) is 0 Å². The zero-order valence-electron chi connectivity index (χ0n) is 8.60. The minimum atomic E-state index is -0.477. The first-order valence-electron chi connectivity index (χ1n) is 4.92. The molecule has 15 heavy (non-hydrogen) atoms. The van der Waals surface area contributed by atoms with Crippen LogP contribution in [0.1, 0.15) is 35.7 Å². The fraction of sp³-hybridized carbons (Fsp3) is 0.364. The Kier molecular flexibility index (Phi) is 3.97. The van der Waals surface area contributed by atoms with Crippen molar-refractivity contribution in [1.82, 2.24) is 0 Å². The average molecular weight is 207 g/mol. The Hall–Kier alpha value is -1.71. The second-order valence-electron chi connectivity index (χ2n) is 3.33. The molecule has 0 saturated heterocycles. The lowest BCUT2D eigenvalue weighted by atomic mass is 10.0. The fourth-order valence-corrected chi connectivity index (χ4v) is 1.50. The van der Waals surface area contributed by atoms with Crippen molar-refractivity contribution in [3.63, 3.8) is 0 Å². The second kappa shape index (κ2) is 5.24. The summed E-state index contributed by atoms with van der Waals surface area (Å²) in [7, 11) is 0. The van der Waals surface area contributed by atoms with Crippen molar-refractivity contribution in [2.24, 2.45) is 0 Å². The standard InChI is InChI=1S/C11H13NO3/c1-2-3-5-9-6-4-7-10(8-13)11(9)12(14)15/h4,6-8H,2-3,5H2,1H3. The summed E-state index contributed by atoms with van der Waals surface area (Å²) in [5.41, 5.74) is 0.765. The van der Waals surface area contributed by atoms with Crippen LogP contribution in [0.2, 0.25) is 0 Å². The van der Waals surface area contributed by atoms with E-state index in [1.165, 1.54) is 6.07 Å². The quantitative estimate of drug-likeness (QED) is 0.423. The molecular formula is C11H13NO3. The number of aldehydes is 1. The Morgan fingerprint density at radius 3 is 2.73 bits per heavy atom. The summed E-state index contributed by atoms with van der Waals surface area (Å²) in [6.45, 7) is 2.02. The highest BCUT2D eigenvalue weighted by Crippen LogP contribution is 2.23. The first-order chi connectivity index (χ1) is 7.20. The summed E-state index contributed by atoms with van der Waals surface area (Å²) in [5.74, 6) is 0. The Bertz CT molecular complexity index is 374. The average Bonchev–Trinajstić information content (AvgIpc) is 2.25. The van der Waals surface area contributed by atoms with E-state index in [1.54, 1.807) is 12.1 Å². The number of benzene rings is 1. The Morgan fingerprint density at radius 1 is 1.47 bits per heavy atom. The predicted octanol–water partition coefficient (Wildman–Crippen LogP) is 2.75. The Morgan fingerprint density at radius 2 is 2.20 bits per heavy atom. The van der Waals surface area contributed by atoms with Gasteiger partial charge >= 0.3 is 0 Å². The van der Waals surface area contributed by atoms with E-state index in [-0.39, 0.29) is 11.3 Å². The minimum absolute atomic E-state index is 0.0408. The number of rotatable bonds is 5. The molecule has 0 aliphatic carbocycles. The molecule has 0 heterocycles. The maximum atomic E-state index is 10.8. The molecule has 0 aromatic heterocycles. The molecule has 0 N–H and O–H groups in total. The van der Waals surface area contributed by atoms with Crippen LogP contribution in [0.3, 0.4) is 0 Å². The van der Waals surface area contributed by atoms with Gasteiger partial charge in [-0.2, -0.15) is 0 Å². The molecule has 0 amide bonds. The van der Waals surface area contributed by atoms with Crippen molar-refractivity contribution in [2.45, 2.75) is 26.2 Å². The number of nitro groups is 1. The number of unbranched alkanes of at least 4 members (excludes halogenated alkanes) is 1. The number of hydrogen-bond donors (Lipinski definition) is 0. The number of aryl methyl sites for hydroxylation is 1. The molecule has 0 radical (unpaired) electrons. The van der Waals surface area contributed by atoms with Crippen molar-refractivity contribution in [1.29, 1.82) is 0 Å². The van der Waals surface area contributed by atoms with Gasteiger partial charge in [-0.3, -0.25) is 14.9 Å². The van der Waals surface area contributed by atoms with Gasteiger partial charge in [0.1, 0.15) is 0 Å². The van der Waals surface area contributed by atoms with Gasteiger partial charge in [0.15, 0.2) is 6.29 Å². The largest absolute Gasteiger partial charge is 0.298 e. The summed E-state index contributed by atoms with van der Waals surface area (Å²) in [6.07, 6.45) is 3.05. The highest BCUT2D eigenvalue weighted by molar-refractivity contribution is 5.82. The Labute approximate surface area is 88.1 Å². The number of carbonyl (C=O) groups excluding carboxylic acids is 1. The summed E-state index contributed by atoms with van der Waals surface area (Å²) < 4.78 is 0. The number of nitro benzene ring substituents is 1. The molecule has 1 rings (SSSR count). The molecule has 4 heteroatoms. The normalized spacial score (nSPS) is 9.93. The van der Waals surface area contributed by atoms with E-state index in [0.717, 1.165) is 12.8 Å². The van der Waals surface area contributed by atoms with Crippen LogP contribution in [-0.4, -0.2) is 11.2 Å². The zero-order chi connectivity index (χ0) is 11.3. The van der Waals surface area contributed by atoms with Gasteiger partial charge in [-0.05, 0) is 18.9 Å². The molecule has 1 aromatic carbocycles.